The number of hydrogen-bond donors (Lipinski definition) is 0. The lowest BCUT2D eigenvalue weighted by Gasteiger charge is -2.48. The second-order valence-electron chi connectivity index (χ2n) is 8.00. The second-order valence-corrected chi connectivity index (χ2v) is 9.64. The first-order valence-electron chi connectivity index (χ1n) is 9.05. The first-order valence-corrected chi connectivity index (χ1v) is 10.6. The standard InChI is InChI=1S/C20H22Br2O3/c1-10(23)25-19-16(21)9-14-11-7-8-20(2)15(5-6-17(20)24)12(11)3-4-13(14)18(19)22/h9,11-12,15H,3-8H2,1-2H3/t11-,12+,15-,20-/m0/s1. The Balaban J connectivity index is 1.74. The first-order chi connectivity index (χ1) is 11.8. The average Bonchev–Trinajstić information content (AvgIpc) is 2.86. The molecule has 1 aromatic carbocycles. The van der Waals surface area contributed by atoms with Crippen LogP contribution in [0, 0.1) is 17.3 Å². The van der Waals surface area contributed by atoms with Gasteiger partial charge in [0.15, 0.2) is 5.75 Å². The van der Waals surface area contributed by atoms with Crippen LogP contribution in [0.15, 0.2) is 15.0 Å². The fraction of sp³-hybridized carbons (Fsp3) is 0.600. The molecule has 25 heavy (non-hydrogen) atoms. The highest BCUT2D eigenvalue weighted by molar-refractivity contribution is 9.11. The van der Waals surface area contributed by atoms with Crippen LogP contribution in [0.3, 0.4) is 0 Å². The molecule has 0 aromatic heterocycles. The van der Waals surface area contributed by atoms with Crippen molar-refractivity contribution in [2.24, 2.45) is 17.3 Å². The van der Waals surface area contributed by atoms with Crippen molar-refractivity contribution in [2.45, 2.75) is 58.3 Å². The monoisotopic (exact) mass is 468 g/mol. The van der Waals surface area contributed by atoms with Crippen molar-refractivity contribution >= 4 is 43.6 Å². The normalized spacial score (nSPS) is 33.4. The van der Waals surface area contributed by atoms with Crippen LogP contribution in [0.5, 0.6) is 5.75 Å². The Morgan fingerprint density at radius 1 is 1.24 bits per heavy atom. The number of rotatable bonds is 1. The molecular formula is C20H22Br2O3. The van der Waals surface area contributed by atoms with Gasteiger partial charge in [0.25, 0.3) is 0 Å². The molecule has 3 aliphatic rings. The highest BCUT2D eigenvalue weighted by Crippen LogP contribution is 2.60. The SMILES string of the molecule is CC(=O)Oc1c(Br)cc2c(c1Br)CC[C@@H]1[C@@H]2CC[C@]2(C)C(=O)CC[C@@H]12. The maximum absolute atomic E-state index is 12.4. The van der Waals surface area contributed by atoms with Gasteiger partial charge in [-0.1, -0.05) is 6.92 Å². The third-order valence-electron chi connectivity index (χ3n) is 6.83. The Morgan fingerprint density at radius 3 is 2.72 bits per heavy atom. The van der Waals surface area contributed by atoms with Gasteiger partial charge in [0, 0.05) is 18.8 Å². The van der Waals surface area contributed by atoms with Crippen molar-refractivity contribution in [1.29, 1.82) is 0 Å². The van der Waals surface area contributed by atoms with Gasteiger partial charge in [-0.2, -0.15) is 0 Å². The van der Waals surface area contributed by atoms with E-state index in [2.05, 4.69) is 44.8 Å². The van der Waals surface area contributed by atoms with E-state index in [0.29, 0.717) is 29.3 Å². The second kappa shape index (κ2) is 6.19. The van der Waals surface area contributed by atoms with Crippen molar-refractivity contribution in [3.05, 3.63) is 26.1 Å². The highest BCUT2D eigenvalue weighted by atomic mass is 79.9. The number of ether oxygens (including phenoxy) is 1. The number of esters is 1. The summed E-state index contributed by atoms with van der Waals surface area (Å²) in [5.41, 5.74) is 2.55. The fourth-order valence-electron chi connectivity index (χ4n) is 5.64. The molecule has 1 aromatic rings. The van der Waals surface area contributed by atoms with E-state index in [1.165, 1.54) is 18.1 Å². The molecule has 0 heterocycles. The summed E-state index contributed by atoms with van der Waals surface area (Å²) >= 11 is 7.26. The number of hydrogen-bond acceptors (Lipinski definition) is 3. The number of halogens is 2. The molecule has 4 atom stereocenters. The van der Waals surface area contributed by atoms with Crippen molar-refractivity contribution in [2.75, 3.05) is 0 Å². The summed E-state index contributed by atoms with van der Waals surface area (Å²) < 4.78 is 7.13. The number of benzene rings is 1. The lowest BCUT2D eigenvalue weighted by molar-refractivity contribution is -0.132. The molecule has 0 aliphatic heterocycles. The lowest BCUT2D eigenvalue weighted by atomic mass is 9.55. The lowest BCUT2D eigenvalue weighted by Crippen LogP contribution is -2.42. The molecule has 0 amide bonds. The molecule has 0 radical (unpaired) electrons. The number of carbonyl (C=O) groups is 2. The molecule has 0 saturated heterocycles. The molecule has 134 valence electrons. The van der Waals surface area contributed by atoms with E-state index in [4.69, 9.17) is 4.74 Å². The minimum Gasteiger partial charge on any atom is -0.424 e. The summed E-state index contributed by atoms with van der Waals surface area (Å²) in [6.45, 7) is 3.63. The quantitative estimate of drug-likeness (QED) is 0.399. The zero-order valence-corrected chi connectivity index (χ0v) is 17.7. The van der Waals surface area contributed by atoms with Crippen molar-refractivity contribution < 1.29 is 14.3 Å². The minimum absolute atomic E-state index is 0.0924. The van der Waals surface area contributed by atoms with Gasteiger partial charge in [-0.25, -0.2) is 0 Å². The van der Waals surface area contributed by atoms with E-state index in [1.54, 1.807) is 0 Å². The van der Waals surface area contributed by atoms with Gasteiger partial charge in [-0.3, -0.25) is 9.59 Å². The van der Waals surface area contributed by atoms with Crippen LogP contribution >= 0.6 is 31.9 Å². The molecule has 0 N–H and O–H groups in total. The predicted octanol–water partition coefficient (Wildman–Crippen LogP) is 5.56. The molecule has 4 rings (SSSR count). The summed E-state index contributed by atoms with van der Waals surface area (Å²) in [7, 11) is 0. The summed E-state index contributed by atoms with van der Waals surface area (Å²) in [6.07, 6.45) is 5.97. The van der Waals surface area contributed by atoms with Crippen LogP contribution < -0.4 is 4.74 Å². The molecule has 3 aliphatic carbocycles. The van der Waals surface area contributed by atoms with Gasteiger partial charge in [0.2, 0.25) is 0 Å². The van der Waals surface area contributed by atoms with Crippen LogP contribution in [-0.4, -0.2) is 11.8 Å². The van der Waals surface area contributed by atoms with Gasteiger partial charge in [0.1, 0.15) is 5.78 Å². The third kappa shape index (κ3) is 2.64. The topological polar surface area (TPSA) is 43.4 Å². The van der Waals surface area contributed by atoms with E-state index < -0.39 is 0 Å². The van der Waals surface area contributed by atoms with Crippen LogP contribution in [0.1, 0.15) is 63.0 Å². The third-order valence-corrected chi connectivity index (χ3v) is 8.26. The van der Waals surface area contributed by atoms with E-state index >= 15 is 0 Å². The molecule has 0 unspecified atom stereocenters. The van der Waals surface area contributed by atoms with E-state index in [1.807, 2.05) is 0 Å². The minimum atomic E-state index is -0.312. The fourth-order valence-corrected chi connectivity index (χ4v) is 7.15. The van der Waals surface area contributed by atoms with Crippen molar-refractivity contribution in [1.82, 2.24) is 0 Å². The number of Topliss-reactive ketones (excluding diaryl/α,β-unsaturated/α-hetero) is 1. The van der Waals surface area contributed by atoms with Gasteiger partial charge in [0.05, 0.1) is 8.95 Å². The maximum Gasteiger partial charge on any atom is 0.308 e. The number of carbonyl (C=O) groups excluding carboxylic acids is 2. The van der Waals surface area contributed by atoms with Gasteiger partial charge in [-0.15, -0.1) is 0 Å². The van der Waals surface area contributed by atoms with E-state index in [0.717, 1.165) is 47.5 Å². The molecule has 3 nitrogen and oxygen atoms in total. The maximum atomic E-state index is 12.4. The van der Waals surface area contributed by atoms with E-state index in [-0.39, 0.29) is 11.4 Å². The van der Waals surface area contributed by atoms with Crippen LogP contribution in [-0.2, 0) is 16.0 Å². The smallest absolute Gasteiger partial charge is 0.308 e. The van der Waals surface area contributed by atoms with Gasteiger partial charge < -0.3 is 4.74 Å². The molecule has 5 heteroatoms. The Labute approximate surface area is 165 Å². The summed E-state index contributed by atoms with van der Waals surface area (Å²) in [5, 5.41) is 0. The van der Waals surface area contributed by atoms with Crippen molar-refractivity contribution in [3.8, 4) is 5.75 Å². The average molecular weight is 470 g/mol. The first kappa shape index (κ1) is 17.7. The summed E-state index contributed by atoms with van der Waals surface area (Å²) in [6, 6.07) is 2.15. The molecule has 0 spiro atoms. The van der Waals surface area contributed by atoms with Crippen molar-refractivity contribution in [3.63, 3.8) is 0 Å². The summed E-state index contributed by atoms with van der Waals surface area (Å²) in [4.78, 5) is 23.9. The van der Waals surface area contributed by atoms with Gasteiger partial charge >= 0.3 is 5.97 Å². The largest absolute Gasteiger partial charge is 0.424 e. The Morgan fingerprint density at radius 2 is 2.00 bits per heavy atom. The molecule has 2 saturated carbocycles. The van der Waals surface area contributed by atoms with Crippen LogP contribution in [0.2, 0.25) is 0 Å². The Bertz CT molecular complexity index is 773. The molecule has 0 bridgehead atoms. The number of ketones is 1. The zero-order valence-electron chi connectivity index (χ0n) is 14.5. The molecular weight excluding hydrogens is 448 g/mol. The molecule has 2 fully saturated rings. The highest BCUT2D eigenvalue weighted by Gasteiger charge is 2.54. The Kier molecular flexibility index (Phi) is 4.39. The van der Waals surface area contributed by atoms with E-state index in [9.17, 15) is 9.59 Å². The number of fused-ring (bicyclic) bond motifs is 5. The predicted molar refractivity (Wildman–Crippen MR) is 103 cm³/mol. The Hall–Kier alpha value is -0.680. The van der Waals surface area contributed by atoms with Crippen LogP contribution in [0.4, 0.5) is 0 Å². The zero-order chi connectivity index (χ0) is 17.9. The summed E-state index contributed by atoms with van der Waals surface area (Å²) in [5.74, 6) is 2.38. The van der Waals surface area contributed by atoms with Gasteiger partial charge in [-0.05, 0) is 98.9 Å². The van der Waals surface area contributed by atoms with Crippen LogP contribution in [0.25, 0.3) is 0 Å².